The minimum atomic E-state index is -3.66. The highest BCUT2D eigenvalue weighted by molar-refractivity contribution is 7.89. The number of sulfonamides is 1. The van der Waals surface area contributed by atoms with E-state index in [2.05, 4.69) is 10.5 Å². The summed E-state index contributed by atoms with van der Waals surface area (Å²) >= 11 is 0. The Balaban J connectivity index is 1.78. The van der Waals surface area contributed by atoms with Crippen molar-refractivity contribution in [2.75, 3.05) is 26.3 Å². The normalized spacial score (nSPS) is 16.0. The zero-order chi connectivity index (χ0) is 20.0. The Morgan fingerprint density at radius 1 is 1.07 bits per heavy atom. The molecule has 0 unspecified atom stereocenters. The van der Waals surface area contributed by atoms with Crippen LogP contribution in [0.15, 0.2) is 64.6 Å². The number of carbonyl (C=O) groups excluding carboxylic acids is 1. The monoisotopic (exact) mass is 401 g/mol. The topological polar surface area (TPSA) is 88.1 Å². The third-order valence-electron chi connectivity index (χ3n) is 4.44. The van der Waals surface area contributed by atoms with Crippen molar-refractivity contribution in [1.29, 1.82) is 0 Å². The van der Waals surface area contributed by atoms with Gasteiger partial charge in [-0.05, 0) is 30.2 Å². The van der Waals surface area contributed by atoms with E-state index >= 15 is 0 Å². The van der Waals surface area contributed by atoms with Crippen molar-refractivity contribution in [3.8, 4) is 0 Å². The fourth-order valence-corrected chi connectivity index (χ4v) is 4.35. The Hall–Kier alpha value is -2.55. The van der Waals surface area contributed by atoms with Crippen molar-refractivity contribution in [3.63, 3.8) is 0 Å². The van der Waals surface area contributed by atoms with Gasteiger partial charge in [-0.1, -0.05) is 43.3 Å². The molecule has 1 amide bonds. The van der Waals surface area contributed by atoms with Crippen LogP contribution in [-0.4, -0.2) is 50.6 Å². The first-order chi connectivity index (χ1) is 13.5. The fourth-order valence-electron chi connectivity index (χ4n) is 2.89. The summed E-state index contributed by atoms with van der Waals surface area (Å²) in [5, 5.41) is 4.21. The molecule has 1 fully saturated rings. The number of ether oxygens (including phenoxy) is 1. The fraction of sp³-hybridized carbons (Fsp3) is 0.300. The van der Waals surface area contributed by atoms with Crippen LogP contribution in [0.5, 0.6) is 0 Å². The zero-order valence-corrected chi connectivity index (χ0v) is 16.5. The highest BCUT2D eigenvalue weighted by atomic mass is 32.2. The van der Waals surface area contributed by atoms with Crippen LogP contribution in [0.3, 0.4) is 0 Å². The largest absolute Gasteiger partial charge is 0.379 e. The third kappa shape index (κ3) is 4.64. The average molecular weight is 401 g/mol. The second-order valence-corrected chi connectivity index (χ2v) is 8.20. The van der Waals surface area contributed by atoms with E-state index in [1.807, 2.05) is 37.3 Å². The van der Waals surface area contributed by atoms with Crippen LogP contribution < -0.4 is 5.43 Å². The number of morpholine rings is 1. The molecular formula is C20H23N3O4S. The zero-order valence-electron chi connectivity index (χ0n) is 15.7. The van der Waals surface area contributed by atoms with Gasteiger partial charge in [-0.3, -0.25) is 4.79 Å². The van der Waals surface area contributed by atoms with E-state index in [9.17, 15) is 13.2 Å². The first-order valence-electron chi connectivity index (χ1n) is 9.12. The molecule has 0 aliphatic carbocycles. The van der Waals surface area contributed by atoms with Gasteiger partial charge in [0.15, 0.2) is 0 Å². The Kier molecular flexibility index (Phi) is 6.56. The smallest absolute Gasteiger partial charge is 0.271 e. The summed E-state index contributed by atoms with van der Waals surface area (Å²) in [5.41, 5.74) is 4.43. The Morgan fingerprint density at radius 3 is 2.43 bits per heavy atom. The standard InChI is InChI=1S/C20H23N3O4S/c1-2-19(16-7-4-3-5-8-16)21-22-20(24)17-9-6-10-18(15-17)28(25,26)23-11-13-27-14-12-23/h3-10,15H,2,11-14H2,1H3,(H,22,24)/b21-19+. The van der Waals surface area contributed by atoms with E-state index in [4.69, 9.17) is 4.74 Å². The second-order valence-electron chi connectivity index (χ2n) is 6.26. The number of hydrogen-bond donors (Lipinski definition) is 1. The molecule has 28 heavy (non-hydrogen) atoms. The lowest BCUT2D eigenvalue weighted by molar-refractivity contribution is 0.0730. The summed E-state index contributed by atoms with van der Waals surface area (Å²) in [7, 11) is -3.66. The van der Waals surface area contributed by atoms with Gasteiger partial charge >= 0.3 is 0 Å². The van der Waals surface area contributed by atoms with Gasteiger partial charge < -0.3 is 4.74 Å². The Morgan fingerprint density at radius 2 is 1.75 bits per heavy atom. The summed E-state index contributed by atoms with van der Waals surface area (Å²) in [6, 6.07) is 15.6. The molecule has 2 aromatic rings. The van der Waals surface area contributed by atoms with E-state index in [-0.39, 0.29) is 10.5 Å². The molecule has 7 nitrogen and oxygen atoms in total. The van der Waals surface area contributed by atoms with Crippen LogP contribution in [0, 0.1) is 0 Å². The molecule has 1 heterocycles. The molecule has 0 bridgehead atoms. The van der Waals surface area contributed by atoms with E-state index in [0.717, 1.165) is 11.3 Å². The quantitative estimate of drug-likeness (QED) is 0.594. The van der Waals surface area contributed by atoms with Gasteiger partial charge in [0.25, 0.3) is 5.91 Å². The van der Waals surface area contributed by atoms with Crippen molar-refractivity contribution in [2.45, 2.75) is 18.2 Å². The maximum atomic E-state index is 12.8. The summed E-state index contributed by atoms with van der Waals surface area (Å²) in [6.07, 6.45) is 0.649. The summed E-state index contributed by atoms with van der Waals surface area (Å²) in [6.45, 7) is 3.30. The Labute approximate surface area is 165 Å². The van der Waals surface area contributed by atoms with E-state index in [1.165, 1.54) is 16.4 Å². The molecule has 2 aromatic carbocycles. The number of nitrogens with zero attached hydrogens (tertiary/aromatic N) is 2. The number of benzene rings is 2. The number of carbonyl (C=O) groups is 1. The van der Waals surface area contributed by atoms with Crippen molar-refractivity contribution < 1.29 is 17.9 Å². The molecule has 0 spiro atoms. The van der Waals surface area contributed by atoms with Crippen molar-refractivity contribution >= 4 is 21.6 Å². The van der Waals surface area contributed by atoms with E-state index in [1.54, 1.807) is 12.1 Å². The highest BCUT2D eigenvalue weighted by Gasteiger charge is 2.26. The van der Waals surface area contributed by atoms with Gasteiger partial charge in [0.05, 0.1) is 23.8 Å². The Bertz CT molecular complexity index is 952. The minimum absolute atomic E-state index is 0.0878. The van der Waals surface area contributed by atoms with Crippen LogP contribution in [0.2, 0.25) is 0 Å². The first-order valence-corrected chi connectivity index (χ1v) is 10.6. The molecule has 1 aliphatic heterocycles. The van der Waals surface area contributed by atoms with Crippen LogP contribution in [0.25, 0.3) is 0 Å². The van der Waals surface area contributed by atoms with Gasteiger partial charge in [0, 0.05) is 18.7 Å². The SMILES string of the molecule is CC/C(=N\NC(=O)c1cccc(S(=O)(=O)N2CCOCC2)c1)c1ccccc1. The van der Waals surface area contributed by atoms with Crippen LogP contribution in [0.4, 0.5) is 0 Å². The van der Waals surface area contributed by atoms with Crippen LogP contribution in [-0.2, 0) is 14.8 Å². The molecule has 1 N–H and O–H groups in total. The molecule has 1 saturated heterocycles. The third-order valence-corrected chi connectivity index (χ3v) is 6.33. The van der Waals surface area contributed by atoms with Crippen molar-refractivity contribution in [3.05, 3.63) is 65.7 Å². The molecule has 8 heteroatoms. The lowest BCUT2D eigenvalue weighted by Crippen LogP contribution is -2.40. The summed E-state index contributed by atoms with van der Waals surface area (Å²) < 4.78 is 32.1. The molecule has 1 aliphatic rings. The van der Waals surface area contributed by atoms with Gasteiger partial charge in [0.2, 0.25) is 10.0 Å². The number of rotatable bonds is 6. The lowest BCUT2D eigenvalue weighted by Gasteiger charge is -2.26. The van der Waals surface area contributed by atoms with Gasteiger partial charge in [-0.15, -0.1) is 0 Å². The summed E-state index contributed by atoms with van der Waals surface area (Å²) in [4.78, 5) is 12.6. The van der Waals surface area contributed by atoms with E-state index in [0.29, 0.717) is 32.7 Å². The molecule has 0 atom stereocenters. The minimum Gasteiger partial charge on any atom is -0.379 e. The molecule has 3 rings (SSSR count). The molecule has 0 radical (unpaired) electrons. The van der Waals surface area contributed by atoms with Crippen LogP contribution in [0.1, 0.15) is 29.3 Å². The maximum Gasteiger partial charge on any atom is 0.271 e. The number of hydrogen-bond acceptors (Lipinski definition) is 5. The molecular weight excluding hydrogens is 378 g/mol. The van der Waals surface area contributed by atoms with Crippen LogP contribution >= 0.6 is 0 Å². The molecule has 0 aromatic heterocycles. The van der Waals surface area contributed by atoms with Gasteiger partial charge in [-0.25, -0.2) is 13.8 Å². The summed E-state index contributed by atoms with van der Waals surface area (Å²) in [5.74, 6) is -0.457. The molecule has 0 saturated carbocycles. The van der Waals surface area contributed by atoms with Gasteiger partial charge in [-0.2, -0.15) is 9.41 Å². The predicted molar refractivity (Wildman–Crippen MR) is 107 cm³/mol. The van der Waals surface area contributed by atoms with Gasteiger partial charge in [0.1, 0.15) is 0 Å². The highest BCUT2D eigenvalue weighted by Crippen LogP contribution is 2.18. The van der Waals surface area contributed by atoms with Crippen molar-refractivity contribution in [1.82, 2.24) is 9.73 Å². The number of amides is 1. The number of hydrazone groups is 1. The lowest BCUT2D eigenvalue weighted by atomic mass is 10.1. The predicted octanol–water partition coefficient (Wildman–Crippen LogP) is 2.25. The van der Waals surface area contributed by atoms with Crippen molar-refractivity contribution in [2.24, 2.45) is 5.10 Å². The maximum absolute atomic E-state index is 12.8. The second kappa shape index (κ2) is 9.09. The average Bonchev–Trinajstić information content (AvgIpc) is 2.75. The molecule has 148 valence electrons. The number of nitrogens with one attached hydrogen (secondary N) is 1. The first kappa shape index (κ1) is 20.2. The van der Waals surface area contributed by atoms with E-state index < -0.39 is 15.9 Å².